The largest absolute Gasteiger partial charge is 0.326 e. The number of nitrogens with one attached hydrogen (secondary N) is 1. The van der Waals surface area contributed by atoms with E-state index >= 15 is 0 Å². The average Bonchev–Trinajstić information content (AvgIpc) is 2.49. The second kappa shape index (κ2) is 7.18. The Balaban J connectivity index is 2.44. The minimum atomic E-state index is -0.299. The van der Waals surface area contributed by atoms with Gasteiger partial charge in [0.2, 0.25) is 0 Å². The van der Waals surface area contributed by atoms with Gasteiger partial charge < -0.3 is 10.2 Å². The Kier molecular flexibility index (Phi) is 5.28. The summed E-state index contributed by atoms with van der Waals surface area (Å²) in [6.07, 6.45) is 1.28. The van der Waals surface area contributed by atoms with Gasteiger partial charge in [-0.05, 0) is 38.1 Å². The molecular weight excluding hydrogens is 265 g/mol. The normalized spacial score (nSPS) is 10.7. The van der Waals surface area contributed by atoms with Crippen LogP contribution in [0.25, 0.3) is 0 Å². The Morgan fingerprint density at radius 3 is 2.67 bits per heavy atom. The van der Waals surface area contributed by atoms with E-state index in [2.05, 4.69) is 41.2 Å². The molecule has 0 spiro atoms. The van der Waals surface area contributed by atoms with Crippen LogP contribution in [-0.4, -0.2) is 18.1 Å². The predicted octanol–water partition coefficient (Wildman–Crippen LogP) is 3.80. The predicted molar refractivity (Wildman–Crippen MR) is 85.4 cm³/mol. The van der Waals surface area contributed by atoms with Crippen LogP contribution in [0.4, 0.5) is 15.9 Å². The Morgan fingerprint density at radius 2 is 2.00 bits per heavy atom. The molecule has 1 N–H and O–H groups in total. The molecular formula is C17H22FN3. The summed E-state index contributed by atoms with van der Waals surface area (Å²) in [6, 6.07) is 9.74. The highest BCUT2D eigenvalue weighted by Crippen LogP contribution is 2.29. The van der Waals surface area contributed by atoms with Gasteiger partial charge in [-0.2, -0.15) is 0 Å². The molecule has 2 rings (SSSR count). The minimum Gasteiger partial charge on any atom is -0.326 e. The first-order chi connectivity index (χ1) is 10.2. The lowest BCUT2D eigenvalue weighted by Gasteiger charge is -2.26. The van der Waals surface area contributed by atoms with Gasteiger partial charge in [0.1, 0.15) is 11.6 Å². The van der Waals surface area contributed by atoms with Crippen molar-refractivity contribution in [1.29, 1.82) is 0 Å². The topological polar surface area (TPSA) is 28.2 Å². The van der Waals surface area contributed by atoms with Crippen LogP contribution in [0, 0.1) is 12.7 Å². The van der Waals surface area contributed by atoms with Crippen LogP contribution in [0.2, 0.25) is 0 Å². The maximum absolute atomic E-state index is 13.5. The zero-order valence-corrected chi connectivity index (χ0v) is 12.9. The van der Waals surface area contributed by atoms with Crippen molar-refractivity contribution in [1.82, 2.24) is 10.3 Å². The first kappa shape index (κ1) is 15.4. The number of nitrogens with zero attached hydrogens (tertiary/aromatic N) is 2. The molecule has 0 atom stereocenters. The summed E-state index contributed by atoms with van der Waals surface area (Å²) < 4.78 is 13.5. The quantitative estimate of drug-likeness (QED) is 0.876. The van der Waals surface area contributed by atoms with Gasteiger partial charge in [-0.15, -0.1) is 0 Å². The smallest absolute Gasteiger partial charge is 0.141 e. The van der Waals surface area contributed by atoms with E-state index in [0.29, 0.717) is 6.54 Å². The molecule has 0 amide bonds. The maximum Gasteiger partial charge on any atom is 0.141 e. The zero-order valence-electron chi connectivity index (χ0n) is 12.9. The van der Waals surface area contributed by atoms with E-state index in [1.54, 1.807) is 6.07 Å². The summed E-state index contributed by atoms with van der Waals surface area (Å²) in [5.41, 5.74) is 3.17. The van der Waals surface area contributed by atoms with Crippen molar-refractivity contribution in [2.24, 2.45) is 0 Å². The van der Waals surface area contributed by atoms with Gasteiger partial charge in [0.05, 0.1) is 6.20 Å². The first-order valence-corrected chi connectivity index (χ1v) is 7.35. The number of aryl methyl sites for hydroxylation is 1. The van der Waals surface area contributed by atoms with Crippen LogP contribution in [0.15, 0.2) is 36.5 Å². The maximum atomic E-state index is 13.5. The summed E-state index contributed by atoms with van der Waals surface area (Å²) in [7, 11) is 0. The highest BCUT2D eigenvalue weighted by molar-refractivity contribution is 5.65. The van der Waals surface area contributed by atoms with E-state index in [-0.39, 0.29) is 5.82 Å². The number of benzene rings is 1. The Bertz CT molecular complexity index is 598. The standard InChI is InChI=1S/C17H22FN3/c1-4-19-11-14-10-15(18)12-20-17(14)21(5-2)16-9-7-6-8-13(16)3/h6-10,12,19H,4-5,11H2,1-3H3. The lowest BCUT2D eigenvalue weighted by atomic mass is 10.1. The molecule has 0 aliphatic carbocycles. The Labute approximate surface area is 125 Å². The molecule has 0 radical (unpaired) electrons. The SMILES string of the molecule is CCNCc1cc(F)cnc1N(CC)c1ccccc1C. The van der Waals surface area contributed by atoms with Crippen molar-refractivity contribution in [3.8, 4) is 0 Å². The molecule has 1 heterocycles. The van der Waals surface area contributed by atoms with E-state index in [0.717, 1.165) is 30.2 Å². The molecule has 4 heteroatoms. The fourth-order valence-electron chi connectivity index (χ4n) is 2.41. The third-order valence-corrected chi connectivity index (χ3v) is 3.45. The van der Waals surface area contributed by atoms with E-state index in [1.807, 2.05) is 19.1 Å². The highest BCUT2D eigenvalue weighted by atomic mass is 19.1. The molecule has 112 valence electrons. The lowest BCUT2D eigenvalue weighted by molar-refractivity contribution is 0.614. The van der Waals surface area contributed by atoms with Gasteiger partial charge in [0.15, 0.2) is 0 Å². The Morgan fingerprint density at radius 1 is 1.24 bits per heavy atom. The van der Waals surface area contributed by atoms with Gasteiger partial charge in [-0.25, -0.2) is 9.37 Å². The molecule has 21 heavy (non-hydrogen) atoms. The number of halogens is 1. The van der Waals surface area contributed by atoms with Crippen LogP contribution in [0.5, 0.6) is 0 Å². The van der Waals surface area contributed by atoms with Crippen LogP contribution >= 0.6 is 0 Å². The summed E-state index contributed by atoms with van der Waals surface area (Å²) in [5, 5.41) is 3.24. The minimum absolute atomic E-state index is 0.299. The fraction of sp³-hybridized carbons (Fsp3) is 0.353. The summed E-state index contributed by atoms with van der Waals surface area (Å²) in [6.45, 7) is 8.42. The molecule has 1 aromatic carbocycles. The number of rotatable bonds is 6. The van der Waals surface area contributed by atoms with Crippen molar-refractivity contribution in [3.05, 3.63) is 53.5 Å². The third-order valence-electron chi connectivity index (χ3n) is 3.45. The molecule has 0 saturated heterocycles. The van der Waals surface area contributed by atoms with Gasteiger partial charge >= 0.3 is 0 Å². The van der Waals surface area contributed by atoms with Gasteiger partial charge in [-0.1, -0.05) is 25.1 Å². The number of hydrogen-bond donors (Lipinski definition) is 1. The molecule has 1 aromatic heterocycles. The lowest BCUT2D eigenvalue weighted by Crippen LogP contribution is -2.22. The fourth-order valence-corrected chi connectivity index (χ4v) is 2.41. The summed E-state index contributed by atoms with van der Waals surface area (Å²) in [4.78, 5) is 6.46. The molecule has 3 nitrogen and oxygen atoms in total. The number of para-hydroxylation sites is 1. The van der Waals surface area contributed by atoms with Crippen LogP contribution in [-0.2, 0) is 6.54 Å². The Hall–Kier alpha value is -1.94. The van der Waals surface area contributed by atoms with Gasteiger partial charge in [-0.3, -0.25) is 0 Å². The molecule has 2 aromatic rings. The van der Waals surface area contributed by atoms with Crippen molar-refractivity contribution >= 4 is 11.5 Å². The first-order valence-electron chi connectivity index (χ1n) is 7.35. The third kappa shape index (κ3) is 3.58. The highest BCUT2D eigenvalue weighted by Gasteiger charge is 2.15. The number of hydrogen-bond acceptors (Lipinski definition) is 3. The number of anilines is 2. The zero-order chi connectivity index (χ0) is 15.2. The summed E-state index contributed by atoms with van der Waals surface area (Å²) >= 11 is 0. The van der Waals surface area contributed by atoms with E-state index in [1.165, 1.54) is 11.8 Å². The molecule has 0 fully saturated rings. The van der Waals surface area contributed by atoms with Crippen LogP contribution < -0.4 is 10.2 Å². The van der Waals surface area contributed by atoms with E-state index in [9.17, 15) is 4.39 Å². The monoisotopic (exact) mass is 287 g/mol. The van der Waals surface area contributed by atoms with Crippen molar-refractivity contribution in [3.63, 3.8) is 0 Å². The van der Waals surface area contributed by atoms with Gasteiger partial charge in [0.25, 0.3) is 0 Å². The second-order valence-corrected chi connectivity index (χ2v) is 4.95. The summed E-state index contributed by atoms with van der Waals surface area (Å²) in [5.74, 6) is 0.515. The second-order valence-electron chi connectivity index (χ2n) is 4.95. The molecule has 0 aliphatic rings. The van der Waals surface area contributed by atoms with Crippen LogP contribution in [0.3, 0.4) is 0 Å². The molecule has 0 unspecified atom stereocenters. The molecule has 0 aliphatic heterocycles. The van der Waals surface area contributed by atoms with E-state index in [4.69, 9.17) is 0 Å². The van der Waals surface area contributed by atoms with Gasteiger partial charge in [0, 0.05) is 24.3 Å². The number of aromatic nitrogens is 1. The molecule has 0 bridgehead atoms. The van der Waals surface area contributed by atoms with Crippen molar-refractivity contribution in [2.45, 2.75) is 27.3 Å². The van der Waals surface area contributed by atoms with E-state index < -0.39 is 0 Å². The van der Waals surface area contributed by atoms with Crippen molar-refractivity contribution < 1.29 is 4.39 Å². The number of pyridine rings is 1. The average molecular weight is 287 g/mol. The van der Waals surface area contributed by atoms with Crippen LogP contribution in [0.1, 0.15) is 25.0 Å². The molecule has 0 saturated carbocycles. The van der Waals surface area contributed by atoms with Crippen molar-refractivity contribution in [2.75, 3.05) is 18.0 Å².